The van der Waals surface area contributed by atoms with Crippen LogP contribution in [0.5, 0.6) is 0 Å². The van der Waals surface area contributed by atoms with Crippen molar-refractivity contribution >= 4 is 11.8 Å². The van der Waals surface area contributed by atoms with E-state index < -0.39 is 0 Å². The Bertz CT molecular complexity index is 403. The Kier molecular flexibility index (Phi) is 4.43. The molecule has 1 aliphatic heterocycles. The first-order valence-corrected chi connectivity index (χ1v) is 8.60. The van der Waals surface area contributed by atoms with Gasteiger partial charge in [-0.05, 0) is 18.8 Å². The van der Waals surface area contributed by atoms with Gasteiger partial charge in [0, 0.05) is 36.4 Å². The number of hydrogen-bond acceptors (Lipinski definition) is 5. The summed E-state index contributed by atoms with van der Waals surface area (Å²) in [7, 11) is 0. The molecule has 1 aromatic heterocycles. The summed E-state index contributed by atoms with van der Waals surface area (Å²) < 4.78 is 5.45. The van der Waals surface area contributed by atoms with Crippen LogP contribution in [0.25, 0.3) is 0 Å². The number of thioether (sulfide) groups is 1. The molecule has 1 aliphatic carbocycles. The van der Waals surface area contributed by atoms with E-state index in [-0.39, 0.29) is 0 Å². The number of nitrogens with zero attached hydrogens (tertiary/aromatic N) is 2. The predicted octanol–water partition coefficient (Wildman–Crippen LogP) is 2.61. The monoisotopic (exact) mass is 281 g/mol. The van der Waals surface area contributed by atoms with E-state index in [1.54, 1.807) is 0 Å². The highest BCUT2D eigenvalue weighted by Gasteiger charge is 2.25. The van der Waals surface area contributed by atoms with Gasteiger partial charge in [-0.3, -0.25) is 0 Å². The Morgan fingerprint density at radius 1 is 1.42 bits per heavy atom. The van der Waals surface area contributed by atoms with Gasteiger partial charge in [-0.2, -0.15) is 16.7 Å². The normalized spacial score (nSPS) is 32.4. The van der Waals surface area contributed by atoms with Gasteiger partial charge >= 0.3 is 0 Å². The molecule has 0 aromatic carbocycles. The molecule has 0 amide bonds. The Morgan fingerprint density at radius 2 is 2.37 bits per heavy atom. The van der Waals surface area contributed by atoms with Crippen molar-refractivity contribution in [1.29, 1.82) is 0 Å². The molecule has 0 radical (unpaired) electrons. The summed E-state index contributed by atoms with van der Waals surface area (Å²) in [4.78, 5) is 4.64. The molecule has 106 valence electrons. The number of nitrogens with one attached hydrogen (secondary N) is 1. The van der Waals surface area contributed by atoms with Crippen LogP contribution in [0.1, 0.15) is 50.2 Å². The van der Waals surface area contributed by atoms with Gasteiger partial charge in [0.15, 0.2) is 5.82 Å². The van der Waals surface area contributed by atoms with Crippen LogP contribution < -0.4 is 5.32 Å². The van der Waals surface area contributed by atoms with Crippen LogP contribution in [-0.4, -0.2) is 34.2 Å². The van der Waals surface area contributed by atoms with Crippen molar-refractivity contribution in [2.24, 2.45) is 5.92 Å². The van der Waals surface area contributed by atoms with E-state index in [2.05, 4.69) is 22.4 Å². The molecule has 3 unspecified atom stereocenters. The quantitative estimate of drug-likeness (QED) is 0.923. The van der Waals surface area contributed by atoms with Gasteiger partial charge in [-0.1, -0.05) is 24.9 Å². The third-order valence-electron chi connectivity index (χ3n) is 4.20. The first kappa shape index (κ1) is 13.4. The van der Waals surface area contributed by atoms with Gasteiger partial charge in [0.05, 0.1) is 0 Å². The van der Waals surface area contributed by atoms with Crippen LogP contribution >= 0.6 is 11.8 Å². The smallest absolute Gasteiger partial charge is 0.228 e. The van der Waals surface area contributed by atoms with Crippen LogP contribution in [0.3, 0.4) is 0 Å². The zero-order valence-electron chi connectivity index (χ0n) is 11.6. The van der Waals surface area contributed by atoms with Crippen molar-refractivity contribution in [2.75, 3.05) is 18.1 Å². The maximum absolute atomic E-state index is 5.45. The average Bonchev–Trinajstić information content (AvgIpc) is 2.88. The third-order valence-corrected chi connectivity index (χ3v) is 5.34. The van der Waals surface area contributed by atoms with Crippen molar-refractivity contribution in [3.63, 3.8) is 0 Å². The highest BCUT2D eigenvalue weighted by molar-refractivity contribution is 7.99. The van der Waals surface area contributed by atoms with Crippen LogP contribution in [-0.2, 0) is 6.42 Å². The summed E-state index contributed by atoms with van der Waals surface area (Å²) in [6.07, 6.45) is 5.97. The predicted molar refractivity (Wildman–Crippen MR) is 77.5 cm³/mol. The van der Waals surface area contributed by atoms with Gasteiger partial charge in [0.2, 0.25) is 5.89 Å². The zero-order chi connectivity index (χ0) is 13.1. The van der Waals surface area contributed by atoms with Crippen LogP contribution in [0.15, 0.2) is 4.52 Å². The average molecular weight is 281 g/mol. The Morgan fingerprint density at radius 3 is 3.16 bits per heavy atom. The number of aromatic nitrogens is 2. The molecule has 4 nitrogen and oxygen atoms in total. The molecular formula is C14H23N3OS. The van der Waals surface area contributed by atoms with Gasteiger partial charge in [-0.15, -0.1) is 0 Å². The minimum atomic E-state index is 0.498. The summed E-state index contributed by atoms with van der Waals surface area (Å²) in [5.41, 5.74) is 0. The Labute approximate surface area is 119 Å². The maximum atomic E-state index is 5.45. The lowest BCUT2D eigenvalue weighted by atomic mass is 9.82. The summed E-state index contributed by atoms with van der Waals surface area (Å²) in [6, 6.07) is 0.498. The van der Waals surface area contributed by atoms with Gasteiger partial charge in [0.25, 0.3) is 0 Å². The minimum absolute atomic E-state index is 0.498. The molecular weight excluding hydrogens is 258 g/mol. The van der Waals surface area contributed by atoms with E-state index >= 15 is 0 Å². The third kappa shape index (κ3) is 3.51. The van der Waals surface area contributed by atoms with Gasteiger partial charge in [0.1, 0.15) is 0 Å². The fraction of sp³-hybridized carbons (Fsp3) is 0.857. The maximum Gasteiger partial charge on any atom is 0.228 e. The standard InChI is InChI=1S/C14H23N3OS/c1-10-3-2-4-11(7-10)14-16-13(18-17-14)8-12-9-19-6-5-15-12/h10-12,15H,2-9H2,1H3. The van der Waals surface area contributed by atoms with E-state index in [1.807, 2.05) is 11.8 Å². The first-order chi connectivity index (χ1) is 9.31. The zero-order valence-corrected chi connectivity index (χ0v) is 12.4. The van der Waals surface area contributed by atoms with E-state index in [1.165, 1.54) is 31.4 Å². The largest absolute Gasteiger partial charge is 0.339 e. The minimum Gasteiger partial charge on any atom is -0.339 e. The molecule has 1 aromatic rings. The Balaban J connectivity index is 1.59. The summed E-state index contributed by atoms with van der Waals surface area (Å²) in [6.45, 7) is 3.42. The molecule has 2 aliphatic rings. The number of hydrogen-bond donors (Lipinski definition) is 1. The van der Waals surface area contributed by atoms with Crippen molar-refractivity contribution in [3.8, 4) is 0 Å². The molecule has 3 atom stereocenters. The van der Waals surface area contributed by atoms with Crippen LogP contribution in [0, 0.1) is 5.92 Å². The van der Waals surface area contributed by atoms with Crippen LogP contribution in [0.4, 0.5) is 0 Å². The molecule has 1 saturated carbocycles. The molecule has 19 heavy (non-hydrogen) atoms. The second-order valence-corrected chi connectivity index (χ2v) is 7.09. The lowest BCUT2D eigenvalue weighted by molar-refractivity contribution is 0.318. The number of rotatable bonds is 3. The molecule has 5 heteroatoms. The molecule has 3 rings (SSSR count). The fourth-order valence-corrected chi connectivity index (χ4v) is 4.10. The lowest BCUT2D eigenvalue weighted by Crippen LogP contribution is -2.38. The van der Waals surface area contributed by atoms with Gasteiger partial charge in [-0.25, -0.2) is 0 Å². The van der Waals surface area contributed by atoms with E-state index in [0.717, 1.165) is 36.4 Å². The molecule has 1 saturated heterocycles. The summed E-state index contributed by atoms with van der Waals surface area (Å²) in [5.74, 6) is 5.45. The highest BCUT2D eigenvalue weighted by Crippen LogP contribution is 2.34. The lowest BCUT2D eigenvalue weighted by Gasteiger charge is -2.24. The SMILES string of the molecule is CC1CCCC(c2noc(CC3CSCCN3)n2)C1. The molecule has 1 N–H and O–H groups in total. The fourth-order valence-electron chi connectivity index (χ4n) is 3.15. The van der Waals surface area contributed by atoms with Crippen molar-refractivity contribution in [3.05, 3.63) is 11.7 Å². The molecule has 0 bridgehead atoms. The van der Waals surface area contributed by atoms with Crippen LogP contribution in [0.2, 0.25) is 0 Å². The highest BCUT2D eigenvalue weighted by atomic mass is 32.2. The van der Waals surface area contributed by atoms with Gasteiger partial charge < -0.3 is 9.84 Å². The summed E-state index contributed by atoms with van der Waals surface area (Å²) in [5, 5.41) is 7.73. The van der Waals surface area contributed by atoms with Crippen molar-refractivity contribution in [2.45, 2.75) is 51.0 Å². The van der Waals surface area contributed by atoms with E-state index in [4.69, 9.17) is 4.52 Å². The van der Waals surface area contributed by atoms with Crippen molar-refractivity contribution < 1.29 is 4.52 Å². The first-order valence-electron chi connectivity index (χ1n) is 7.45. The van der Waals surface area contributed by atoms with E-state index in [9.17, 15) is 0 Å². The molecule has 0 spiro atoms. The Hall–Kier alpha value is -0.550. The summed E-state index contributed by atoms with van der Waals surface area (Å²) >= 11 is 2.01. The second kappa shape index (κ2) is 6.27. The van der Waals surface area contributed by atoms with E-state index in [0.29, 0.717) is 12.0 Å². The van der Waals surface area contributed by atoms with Crippen molar-refractivity contribution in [1.82, 2.24) is 15.5 Å². The topological polar surface area (TPSA) is 51.0 Å². The second-order valence-electron chi connectivity index (χ2n) is 5.95. The molecule has 2 fully saturated rings. The molecule has 2 heterocycles.